The zero-order chi connectivity index (χ0) is 13.4. The van der Waals surface area contributed by atoms with Crippen molar-refractivity contribution in [1.82, 2.24) is 4.90 Å². The lowest BCUT2D eigenvalue weighted by Crippen LogP contribution is -2.42. The van der Waals surface area contributed by atoms with Crippen LogP contribution in [-0.2, 0) is 0 Å². The van der Waals surface area contributed by atoms with Crippen molar-refractivity contribution >= 4 is 11.3 Å². The van der Waals surface area contributed by atoms with Gasteiger partial charge < -0.3 is 5.73 Å². The van der Waals surface area contributed by atoms with E-state index in [9.17, 15) is 0 Å². The number of aryl methyl sites for hydroxylation is 1. The lowest BCUT2D eigenvalue weighted by Gasteiger charge is -2.35. The molecule has 19 heavy (non-hydrogen) atoms. The first-order chi connectivity index (χ1) is 9.19. The van der Waals surface area contributed by atoms with Crippen LogP contribution in [0.3, 0.4) is 0 Å². The highest BCUT2D eigenvalue weighted by Gasteiger charge is 2.40. The Balaban J connectivity index is 1.82. The fourth-order valence-electron chi connectivity index (χ4n) is 2.95. The predicted octanol–water partition coefficient (Wildman–Crippen LogP) is 3.71. The lowest BCUT2D eigenvalue weighted by molar-refractivity contribution is 0.155. The smallest absolute Gasteiger partial charge is 0.0595 e. The third-order valence-corrected chi connectivity index (χ3v) is 5.54. The topological polar surface area (TPSA) is 29.3 Å². The standard InChI is InChI=1S/C16H26N2S/c1-3-14(17)16(15-9-4-11(2)19-15)18(13-7-8-13)10-12-5-6-12/h4,9,12-14,16H,3,5-8,10,17H2,1-2H3. The molecule has 0 aromatic carbocycles. The molecule has 0 radical (unpaired) electrons. The molecule has 0 bridgehead atoms. The van der Waals surface area contributed by atoms with Crippen LogP contribution in [0.15, 0.2) is 12.1 Å². The van der Waals surface area contributed by atoms with Crippen LogP contribution < -0.4 is 5.73 Å². The molecule has 3 heteroatoms. The van der Waals surface area contributed by atoms with Crippen LogP contribution in [-0.4, -0.2) is 23.5 Å². The van der Waals surface area contributed by atoms with E-state index in [0.717, 1.165) is 18.4 Å². The van der Waals surface area contributed by atoms with Crippen LogP contribution >= 0.6 is 11.3 Å². The third-order valence-electron chi connectivity index (χ3n) is 4.47. The number of hydrogen-bond acceptors (Lipinski definition) is 3. The Morgan fingerprint density at radius 1 is 1.32 bits per heavy atom. The predicted molar refractivity (Wildman–Crippen MR) is 82.5 cm³/mol. The van der Waals surface area contributed by atoms with E-state index in [0.29, 0.717) is 6.04 Å². The van der Waals surface area contributed by atoms with Crippen molar-refractivity contribution < 1.29 is 0 Å². The van der Waals surface area contributed by atoms with Gasteiger partial charge in [0.25, 0.3) is 0 Å². The van der Waals surface area contributed by atoms with E-state index in [1.165, 1.54) is 42.0 Å². The summed E-state index contributed by atoms with van der Waals surface area (Å²) in [4.78, 5) is 5.64. The Morgan fingerprint density at radius 3 is 2.53 bits per heavy atom. The van der Waals surface area contributed by atoms with E-state index in [1.807, 2.05) is 11.3 Å². The van der Waals surface area contributed by atoms with Gasteiger partial charge in [0.05, 0.1) is 6.04 Å². The number of hydrogen-bond donors (Lipinski definition) is 1. The first-order valence-corrected chi connectivity index (χ1v) is 8.58. The van der Waals surface area contributed by atoms with Crippen molar-refractivity contribution in [2.24, 2.45) is 11.7 Å². The average Bonchev–Trinajstić information content (AvgIpc) is 3.29. The maximum absolute atomic E-state index is 6.49. The molecule has 3 rings (SSSR count). The van der Waals surface area contributed by atoms with Gasteiger partial charge in [-0.25, -0.2) is 0 Å². The second kappa shape index (κ2) is 5.55. The quantitative estimate of drug-likeness (QED) is 0.824. The largest absolute Gasteiger partial charge is 0.326 e. The second-order valence-electron chi connectivity index (χ2n) is 6.34. The molecule has 0 saturated heterocycles. The van der Waals surface area contributed by atoms with E-state index in [4.69, 9.17) is 5.73 Å². The van der Waals surface area contributed by atoms with E-state index >= 15 is 0 Å². The van der Waals surface area contributed by atoms with Gasteiger partial charge in [0.2, 0.25) is 0 Å². The summed E-state index contributed by atoms with van der Waals surface area (Å²) in [5, 5.41) is 0. The van der Waals surface area contributed by atoms with Crippen molar-refractivity contribution in [2.75, 3.05) is 6.54 Å². The molecular weight excluding hydrogens is 252 g/mol. The van der Waals surface area contributed by atoms with Gasteiger partial charge in [-0.2, -0.15) is 0 Å². The highest BCUT2D eigenvalue weighted by Crippen LogP contribution is 2.42. The van der Waals surface area contributed by atoms with Crippen LogP contribution in [0.1, 0.15) is 54.8 Å². The summed E-state index contributed by atoms with van der Waals surface area (Å²) in [5.74, 6) is 0.952. The lowest BCUT2D eigenvalue weighted by atomic mass is 10.0. The van der Waals surface area contributed by atoms with Crippen LogP contribution in [0.4, 0.5) is 0 Å². The number of thiophene rings is 1. The van der Waals surface area contributed by atoms with Gasteiger partial charge in [-0.15, -0.1) is 11.3 Å². The highest BCUT2D eigenvalue weighted by atomic mass is 32.1. The molecule has 2 nitrogen and oxygen atoms in total. The van der Waals surface area contributed by atoms with Gasteiger partial charge in [-0.05, 0) is 57.1 Å². The van der Waals surface area contributed by atoms with E-state index in [1.54, 1.807) is 0 Å². The summed E-state index contributed by atoms with van der Waals surface area (Å²) >= 11 is 1.94. The van der Waals surface area contributed by atoms with Gasteiger partial charge in [0.1, 0.15) is 0 Å². The van der Waals surface area contributed by atoms with Gasteiger partial charge in [0, 0.05) is 28.4 Å². The Hall–Kier alpha value is -0.380. The maximum atomic E-state index is 6.49. The van der Waals surface area contributed by atoms with E-state index in [2.05, 4.69) is 30.9 Å². The molecule has 2 unspecified atom stereocenters. The summed E-state index contributed by atoms with van der Waals surface area (Å²) in [7, 11) is 0. The summed E-state index contributed by atoms with van der Waals surface area (Å²) in [6.45, 7) is 5.70. The molecule has 2 fully saturated rings. The number of rotatable bonds is 7. The summed E-state index contributed by atoms with van der Waals surface area (Å²) in [6.07, 6.45) is 6.69. The molecule has 1 aromatic rings. The Morgan fingerprint density at radius 2 is 2.05 bits per heavy atom. The van der Waals surface area contributed by atoms with Crippen molar-refractivity contribution in [1.29, 1.82) is 0 Å². The number of nitrogens with two attached hydrogens (primary N) is 1. The van der Waals surface area contributed by atoms with Crippen molar-refractivity contribution in [3.8, 4) is 0 Å². The van der Waals surface area contributed by atoms with E-state index < -0.39 is 0 Å². The minimum absolute atomic E-state index is 0.275. The molecule has 1 aromatic heterocycles. The third kappa shape index (κ3) is 3.21. The monoisotopic (exact) mass is 278 g/mol. The minimum atomic E-state index is 0.275. The maximum Gasteiger partial charge on any atom is 0.0595 e. The van der Waals surface area contributed by atoms with Crippen LogP contribution in [0, 0.1) is 12.8 Å². The summed E-state index contributed by atoms with van der Waals surface area (Å²) in [5.41, 5.74) is 6.49. The molecule has 2 N–H and O–H groups in total. The van der Waals surface area contributed by atoms with Gasteiger partial charge in [0.15, 0.2) is 0 Å². The summed E-state index contributed by atoms with van der Waals surface area (Å²) in [6, 6.07) is 6.10. The molecular formula is C16H26N2S. The average molecular weight is 278 g/mol. The van der Waals surface area contributed by atoms with Crippen LogP contribution in [0.5, 0.6) is 0 Å². The van der Waals surface area contributed by atoms with Crippen LogP contribution in [0.25, 0.3) is 0 Å². The Bertz CT molecular complexity index is 420. The van der Waals surface area contributed by atoms with Crippen molar-refractivity contribution in [2.45, 2.75) is 64.1 Å². The SMILES string of the molecule is CCC(N)C(c1ccc(C)s1)N(CC1CC1)C1CC1. The van der Waals surface area contributed by atoms with Gasteiger partial charge in [-0.1, -0.05) is 6.92 Å². The molecule has 2 aliphatic carbocycles. The van der Waals surface area contributed by atoms with Crippen molar-refractivity contribution in [3.05, 3.63) is 21.9 Å². The molecule has 0 amide bonds. The fraction of sp³-hybridized carbons (Fsp3) is 0.750. The Labute approximate surface area is 121 Å². The number of nitrogens with zero attached hydrogens (tertiary/aromatic N) is 1. The molecule has 0 spiro atoms. The fourth-order valence-corrected chi connectivity index (χ4v) is 4.03. The zero-order valence-corrected chi connectivity index (χ0v) is 13.0. The molecule has 2 atom stereocenters. The molecule has 2 saturated carbocycles. The first kappa shape index (κ1) is 13.6. The minimum Gasteiger partial charge on any atom is -0.326 e. The molecule has 2 aliphatic rings. The zero-order valence-electron chi connectivity index (χ0n) is 12.1. The summed E-state index contributed by atoms with van der Waals surface area (Å²) < 4.78 is 0. The second-order valence-corrected chi connectivity index (χ2v) is 7.66. The van der Waals surface area contributed by atoms with Crippen LogP contribution in [0.2, 0.25) is 0 Å². The molecule has 1 heterocycles. The van der Waals surface area contributed by atoms with Gasteiger partial charge >= 0.3 is 0 Å². The van der Waals surface area contributed by atoms with Crippen molar-refractivity contribution in [3.63, 3.8) is 0 Å². The molecule has 106 valence electrons. The normalized spacial score (nSPS) is 22.7. The molecule has 0 aliphatic heterocycles. The Kier molecular flexibility index (Phi) is 3.97. The van der Waals surface area contributed by atoms with E-state index in [-0.39, 0.29) is 6.04 Å². The van der Waals surface area contributed by atoms with Gasteiger partial charge in [-0.3, -0.25) is 4.90 Å². The highest BCUT2D eigenvalue weighted by molar-refractivity contribution is 7.12. The first-order valence-electron chi connectivity index (χ1n) is 7.76.